The predicted octanol–water partition coefficient (Wildman–Crippen LogP) is 5.59. The summed E-state index contributed by atoms with van der Waals surface area (Å²) in [6.45, 7) is 4.30. The highest BCUT2D eigenvalue weighted by Crippen LogP contribution is 2.40. The van der Waals surface area contributed by atoms with Crippen LogP contribution in [0.25, 0.3) is 6.08 Å². The second-order valence-corrected chi connectivity index (χ2v) is 9.63. The first kappa shape index (κ1) is 23.7. The Labute approximate surface area is 198 Å². The number of carbonyl (C=O) groups excluding carboxylic acids is 1. The molecule has 4 heteroatoms. The maximum absolute atomic E-state index is 11.6. The number of ether oxygens (including phenoxy) is 1. The van der Waals surface area contributed by atoms with Crippen LogP contribution in [0, 0.1) is 11.8 Å². The van der Waals surface area contributed by atoms with Gasteiger partial charge in [-0.05, 0) is 80.2 Å². The molecule has 2 aromatic rings. The van der Waals surface area contributed by atoms with Crippen molar-refractivity contribution in [3.8, 4) is 0 Å². The van der Waals surface area contributed by atoms with Gasteiger partial charge in [0.2, 0.25) is 0 Å². The van der Waals surface area contributed by atoms with E-state index in [0.717, 1.165) is 31.3 Å². The van der Waals surface area contributed by atoms with Gasteiger partial charge < -0.3 is 15.4 Å². The Hall–Kier alpha value is -2.43. The van der Waals surface area contributed by atoms with Gasteiger partial charge in [-0.2, -0.15) is 0 Å². The van der Waals surface area contributed by atoms with Crippen molar-refractivity contribution in [1.82, 2.24) is 10.6 Å². The Balaban J connectivity index is 1.14. The fourth-order valence-electron chi connectivity index (χ4n) is 5.09. The molecule has 33 heavy (non-hydrogen) atoms. The molecule has 2 unspecified atom stereocenters. The van der Waals surface area contributed by atoms with E-state index < -0.39 is 0 Å². The van der Waals surface area contributed by atoms with Crippen LogP contribution >= 0.6 is 0 Å². The largest absolute Gasteiger partial charge is 0.465 e. The highest BCUT2D eigenvalue weighted by atomic mass is 16.5. The van der Waals surface area contributed by atoms with Crippen molar-refractivity contribution < 1.29 is 9.53 Å². The molecular weight excluding hydrogens is 408 g/mol. The van der Waals surface area contributed by atoms with Crippen molar-refractivity contribution in [2.75, 3.05) is 13.7 Å². The van der Waals surface area contributed by atoms with Gasteiger partial charge in [0.25, 0.3) is 0 Å². The normalized spacial score (nSPS) is 25.0. The van der Waals surface area contributed by atoms with Crippen molar-refractivity contribution in [2.24, 2.45) is 11.8 Å². The summed E-state index contributed by atoms with van der Waals surface area (Å²) in [6, 6.07) is 19.7. The van der Waals surface area contributed by atoms with E-state index in [1.54, 1.807) is 5.57 Å². The zero-order valence-corrected chi connectivity index (χ0v) is 20.1. The van der Waals surface area contributed by atoms with Crippen molar-refractivity contribution in [1.29, 1.82) is 0 Å². The summed E-state index contributed by atoms with van der Waals surface area (Å²) in [5, 5.41) is 7.58. The third-order valence-corrected chi connectivity index (χ3v) is 7.31. The maximum atomic E-state index is 11.6. The minimum atomic E-state index is -0.280. The predicted molar refractivity (Wildman–Crippen MR) is 135 cm³/mol. The second kappa shape index (κ2) is 11.6. The molecule has 2 aromatic carbocycles. The molecule has 2 aliphatic rings. The van der Waals surface area contributed by atoms with Gasteiger partial charge >= 0.3 is 5.97 Å². The van der Waals surface area contributed by atoms with Crippen LogP contribution in [0.5, 0.6) is 0 Å². The fourth-order valence-corrected chi connectivity index (χ4v) is 5.09. The molecule has 0 heterocycles. The summed E-state index contributed by atoms with van der Waals surface area (Å²) in [6.07, 6.45) is 9.90. The molecule has 2 N–H and O–H groups in total. The number of esters is 1. The molecule has 176 valence electrons. The van der Waals surface area contributed by atoms with E-state index in [1.165, 1.54) is 50.3 Å². The van der Waals surface area contributed by atoms with E-state index in [1.807, 2.05) is 24.3 Å². The average molecular weight is 447 g/mol. The first-order chi connectivity index (χ1) is 16.2. The summed E-state index contributed by atoms with van der Waals surface area (Å²) in [7, 11) is 1.41. The highest BCUT2D eigenvalue weighted by Gasteiger charge is 2.39. The number of hydrogen-bond acceptors (Lipinski definition) is 4. The van der Waals surface area contributed by atoms with E-state index in [9.17, 15) is 4.79 Å². The van der Waals surface area contributed by atoms with Gasteiger partial charge in [-0.15, -0.1) is 0 Å². The Kier molecular flexibility index (Phi) is 8.35. The van der Waals surface area contributed by atoms with Gasteiger partial charge in [0, 0.05) is 18.6 Å². The standard InChI is InChI=1S/C29H38N2O2/c1-3-24(17-21-7-5-4-6-8-21)27-18-28(27)31-20-23-11-15-26(16-12-23)30-19-22-9-13-25(14-10-22)29(32)33-2/h4-10,13-14,17,23,26-28,30-31H,3,11-12,15-16,18-20H2,1-2H3/b24-17+. The van der Waals surface area contributed by atoms with Crippen LogP contribution in [-0.2, 0) is 11.3 Å². The van der Waals surface area contributed by atoms with E-state index in [2.05, 4.69) is 54.0 Å². The Morgan fingerprint density at radius 2 is 1.73 bits per heavy atom. The van der Waals surface area contributed by atoms with Gasteiger partial charge in [-0.25, -0.2) is 4.79 Å². The molecule has 2 aliphatic carbocycles. The molecule has 0 amide bonds. The molecular formula is C29H38N2O2. The maximum Gasteiger partial charge on any atom is 0.337 e. The van der Waals surface area contributed by atoms with E-state index in [0.29, 0.717) is 17.6 Å². The number of methoxy groups -OCH3 is 1. The Morgan fingerprint density at radius 3 is 2.39 bits per heavy atom. The topological polar surface area (TPSA) is 50.4 Å². The average Bonchev–Trinajstić information content (AvgIpc) is 3.65. The molecule has 4 nitrogen and oxygen atoms in total. The number of nitrogens with one attached hydrogen (secondary N) is 2. The molecule has 0 saturated heterocycles. The lowest BCUT2D eigenvalue weighted by molar-refractivity contribution is 0.0600. The van der Waals surface area contributed by atoms with Crippen LogP contribution in [0.4, 0.5) is 0 Å². The van der Waals surface area contributed by atoms with Crippen molar-refractivity contribution in [3.63, 3.8) is 0 Å². The van der Waals surface area contributed by atoms with E-state index in [4.69, 9.17) is 4.74 Å². The minimum absolute atomic E-state index is 0.280. The Morgan fingerprint density at radius 1 is 1.00 bits per heavy atom. The van der Waals surface area contributed by atoms with Crippen LogP contribution in [0.1, 0.15) is 66.9 Å². The molecule has 2 atom stereocenters. The first-order valence-corrected chi connectivity index (χ1v) is 12.6. The fraction of sp³-hybridized carbons (Fsp3) is 0.483. The second-order valence-electron chi connectivity index (χ2n) is 9.63. The molecule has 4 rings (SSSR count). The lowest BCUT2D eigenvalue weighted by atomic mass is 9.86. The number of benzene rings is 2. The zero-order chi connectivity index (χ0) is 23.0. The van der Waals surface area contributed by atoms with Crippen LogP contribution < -0.4 is 10.6 Å². The summed E-state index contributed by atoms with van der Waals surface area (Å²) in [5.41, 5.74) is 4.73. The molecule has 0 bridgehead atoms. The molecule has 0 spiro atoms. The van der Waals surface area contributed by atoms with E-state index in [-0.39, 0.29) is 5.97 Å². The van der Waals surface area contributed by atoms with Crippen molar-refractivity contribution in [3.05, 3.63) is 76.9 Å². The van der Waals surface area contributed by atoms with Crippen LogP contribution in [-0.4, -0.2) is 31.7 Å². The molecule has 0 aromatic heterocycles. The summed E-state index contributed by atoms with van der Waals surface area (Å²) in [5.74, 6) is 1.24. The lowest BCUT2D eigenvalue weighted by Gasteiger charge is -2.29. The summed E-state index contributed by atoms with van der Waals surface area (Å²) in [4.78, 5) is 11.6. The van der Waals surface area contributed by atoms with Crippen LogP contribution in [0.15, 0.2) is 60.2 Å². The van der Waals surface area contributed by atoms with Gasteiger partial charge in [0.15, 0.2) is 0 Å². The molecule has 0 radical (unpaired) electrons. The third kappa shape index (κ3) is 6.78. The number of hydrogen-bond donors (Lipinski definition) is 2. The Bertz CT molecular complexity index is 914. The van der Waals surface area contributed by atoms with Crippen LogP contribution in [0.3, 0.4) is 0 Å². The van der Waals surface area contributed by atoms with Crippen LogP contribution in [0.2, 0.25) is 0 Å². The number of carbonyl (C=O) groups is 1. The molecule has 2 saturated carbocycles. The smallest absolute Gasteiger partial charge is 0.337 e. The quantitative estimate of drug-likeness (QED) is 0.467. The first-order valence-electron chi connectivity index (χ1n) is 12.6. The number of rotatable bonds is 10. The minimum Gasteiger partial charge on any atom is -0.465 e. The molecule has 2 fully saturated rings. The molecule has 0 aliphatic heterocycles. The SMILES string of the molecule is CC/C(=C\c1ccccc1)C1CC1NCC1CCC(NCc2ccc(C(=O)OC)cc2)CC1. The third-order valence-electron chi connectivity index (χ3n) is 7.31. The summed E-state index contributed by atoms with van der Waals surface area (Å²) < 4.78 is 4.76. The van der Waals surface area contributed by atoms with Gasteiger partial charge in [-0.1, -0.05) is 61.0 Å². The highest BCUT2D eigenvalue weighted by molar-refractivity contribution is 5.89. The monoisotopic (exact) mass is 446 g/mol. The lowest BCUT2D eigenvalue weighted by Crippen LogP contribution is -2.36. The van der Waals surface area contributed by atoms with Gasteiger partial charge in [-0.3, -0.25) is 0 Å². The summed E-state index contributed by atoms with van der Waals surface area (Å²) >= 11 is 0. The van der Waals surface area contributed by atoms with Crippen molar-refractivity contribution in [2.45, 2.75) is 64.1 Å². The van der Waals surface area contributed by atoms with Crippen molar-refractivity contribution >= 4 is 12.0 Å². The van der Waals surface area contributed by atoms with Gasteiger partial charge in [0.1, 0.15) is 0 Å². The zero-order valence-electron chi connectivity index (χ0n) is 20.1. The van der Waals surface area contributed by atoms with E-state index >= 15 is 0 Å². The van der Waals surface area contributed by atoms with Gasteiger partial charge in [0.05, 0.1) is 12.7 Å².